The van der Waals surface area contributed by atoms with Crippen molar-refractivity contribution in [2.24, 2.45) is 11.7 Å². The number of halogens is 2. The first kappa shape index (κ1) is 22.2. The third-order valence-electron chi connectivity index (χ3n) is 5.47. The number of hydrogen-bond acceptors (Lipinski definition) is 3. The Labute approximate surface area is 163 Å². The van der Waals surface area contributed by atoms with Gasteiger partial charge in [0.05, 0.1) is 11.5 Å². The molecule has 0 spiro atoms. The van der Waals surface area contributed by atoms with E-state index in [9.17, 15) is 4.79 Å². The lowest BCUT2D eigenvalue weighted by Gasteiger charge is -2.35. The zero-order valence-corrected chi connectivity index (χ0v) is 16.4. The van der Waals surface area contributed by atoms with Crippen LogP contribution in [0.1, 0.15) is 44.1 Å². The predicted octanol–water partition coefficient (Wildman–Crippen LogP) is 3.13. The van der Waals surface area contributed by atoms with Crippen LogP contribution in [0.5, 0.6) is 0 Å². The first-order chi connectivity index (χ1) is 11.2. The lowest BCUT2D eigenvalue weighted by atomic mass is 9.92. The van der Waals surface area contributed by atoms with Crippen molar-refractivity contribution in [2.45, 2.75) is 50.6 Å². The Morgan fingerprint density at radius 2 is 1.84 bits per heavy atom. The Morgan fingerprint density at radius 1 is 1.16 bits per heavy atom. The van der Waals surface area contributed by atoms with Crippen molar-refractivity contribution in [1.29, 1.82) is 0 Å². The van der Waals surface area contributed by atoms with Crippen molar-refractivity contribution in [3.8, 4) is 0 Å². The lowest BCUT2D eigenvalue weighted by Crippen LogP contribution is -2.55. The molecule has 2 aliphatic rings. The Balaban J connectivity index is 0.00000156. The lowest BCUT2D eigenvalue weighted by molar-refractivity contribution is -0.128. The molecule has 0 radical (unpaired) electrons. The zero-order chi connectivity index (χ0) is 16.1. The van der Waals surface area contributed by atoms with Gasteiger partial charge in [0.15, 0.2) is 0 Å². The second kappa shape index (κ2) is 10.4. The molecule has 1 aliphatic carbocycles. The van der Waals surface area contributed by atoms with Crippen molar-refractivity contribution >= 4 is 30.7 Å². The maximum Gasteiger partial charge on any atom is 0.224 e. The molecule has 6 heteroatoms. The van der Waals surface area contributed by atoms with Crippen LogP contribution in [0.2, 0.25) is 0 Å². The molecule has 1 aliphatic heterocycles. The van der Waals surface area contributed by atoms with E-state index in [1.165, 1.54) is 18.4 Å². The smallest absolute Gasteiger partial charge is 0.224 e. The number of piperidine rings is 1. The highest BCUT2D eigenvalue weighted by molar-refractivity contribution is 5.85. The Morgan fingerprint density at radius 3 is 2.48 bits per heavy atom. The number of carbonyl (C=O) groups excluding carboxylic acids is 1. The average molecular weight is 388 g/mol. The van der Waals surface area contributed by atoms with Gasteiger partial charge in [0.25, 0.3) is 0 Å². The van der Waals surface area contributed by atoms with Gasteiger partial charge < -0.3 is 11.1 Å². The van der Waals surface area contributed by atoms with Gasteiger partial charge in [0.2, 0.25) is 5.91 Å². The van der Waals surface area contributed by atoms with Gasteiger partial charge in [-0.05, 0) is 37.8 Å². The summed E-state index contributed by atoms with van der Waals surface area (Å²) in [5, 5.41) is 3.31. The standard InChI is InChI=1S/C19H29N3O.2ClH/c20-15-19(10-4-5-11-19)21-18(23)17-9-6-12-22(14-17)13-16-7-2-1-3-8-16;;/h1-3,7-8,17H,4-6,9-15,20H2,(H,21,23);2*1H. The summed E-state index contributed by atoms with van der Waals surface area (Å²) in [5.74, 6) is 0.326. The summed E-state index contributed by atoms with van der Waals surface area (Å²) in [6.07, 6.45) is 6.54. The van der Waals surface area contributed by atoms with Gasteiger partial charge in [0.1, 0.15) is 0 Å². The van der Waals surface area contributed by atoms with E-state index in [0.717, 1.165) is 45.3 Å². The fourth-order valence-corrected chi connectivity index (χ4v) is 4.05. The average Bonchev–Trinajstić information content (AvgIpc) is 3.05. The molecule has 142 valence electrons. The minimum absolute atomic E-state index is 0. The second-order valence-corrected chi connectivity index (χ2v) is 7.24. The SMILES string of the molecule is Cl.Cl.NCC1(NC(=O)C2CCCN(Cc3ccccc3)C2)CCCC1. The molecule has 0 aromatic heterocycles. The highest BCUT2D eigenvalue weighted by Gasteiger charge is 2.36. The van der Waals surface area contributed by atoms with Gasteiger partial charge >= 0.3 is 0 Å². The van der Waals surface area contributed by atoms with Gasteiger partial charge in [-0.15, -0.1) is 24.8 Å². The maximum absolute atomic E-state index is 12.7. The molecule has 3 N–H and O–H groups in total. The van der Waals surface area contributed by atoms with Crippen molar-refractivity contribution in [1.82, 2.24) is 10.2 Å². The van der Waals surface area contributed by atoms with Crippen molar-refractivity contribution in [3.63, 3.8) is 0 Å². The topological polar surface area (TPSA) is 58.4 Å². The molecule has 1 saturated carbocycles. The molecule has 1 saturated heterocycles. The molecular formula is C19H31Cl2N3O. The summed E-state index contributed by atoms with van der Waals surface area (Å²) in [7, 11) is 0. The number of benzene rings is 1. The molecule has 0 bridgehead atoms. The van der Waals surface area contributed by atoms with E-state index < -0.39 is 0 Å². The number of nitrogens with one attached hydrogen (secondary N) is 1. The van der Waals surface area contributed by atoms with Gasteiger partial charge in [-0.25, -0.2) is 0 Å². The van der Waals surface area contributed by atoms with Crippen LogP contribution in [0.4, 0.5) is 0 Å². The molecule has 3 rings (SSSR count). The van der Waals surface area contributed by atoms with E-state index in [2.05, 4.69) is 34.5 Å². The maximum atomic E-state index is 12.7. The molecule has 1 unspecified atom stereocenters. The van der Waals surface area contributed by atoms with Gasteiger partial charge in [-0.2, -0.15) is 0 Å². The summed E-state index contributed by atoms with van der Waals surface area (Å²) in [5.41, 5.74) is 7.15. The molecule has 1 atom stereocenters. The first-order valence-corrected chi connectivity index (χ1v) is 8.99. The first-order valence-electron chi connectivity index (χ1n) is 8.99. The van der Waals surface area contributed by atoms with E-state index in [1.54, 1.807) is 0 Å². The number of nitrogens with two attached hydrogens (primary N) is 1. The van der Waals surface area contributed by atoms with Crippen LogP contribution in [0, 0.1) is 5.92 Å². The molecule has 2 fully saturated rings. The Bertz CT molecular complexity index is 521. The normalized spacial score (nSPS) is 22.5. The van der Waals surface area contributed by atoms with Crippen LogP contribution in [-0.4, -0.2) is 36.0 Å². The largest absolute Gasteiger partial charge is 0.349 e. The van der Waals surface area contributed by atoms with E-state index in [4.69, 9.17) is 5.73 Å². The number of carbonyl (C=O) groups is 1. The number of rotatable bonds is 5. The fraction of sp³-hybridized carbons (Fsp3) is 0.632. The molecule has 1 heterocycles. The van der Waals surface area contributed by atoms with Crippen LogP contribution in [-0.2, 0) is 11.3 Å². The van der Waals surface area contributed by atoms with E-state index in [-0.39, 0.29) is 42.2 Å². The molecule has 1 aromatic rings. The van der Waals surface area contributed by atoms with Crippen LogP contribution in [0.15, 0.2) is 30.3 Å². The summed E-state index contributed by atoms with van der Waals surface area (Å²) < 4.78 is 0. The van der Waals surface area contributed by atoms with Crippen LogP contribution in [0.3, 0.4) is 0 Å². The number of amides is 1. The second-order valence-electron chi connectivity index (χ2n) is 7.24. The van der Waals surface area contributed by atoms with Gasteiger partial charge in [-0.1, -0.05) is 43.2 Å². The number of nitrogens with zero attached hydrogens (tertiary/aromatic N) is 1. The quantitative estimate of drug-likeness (QED) is 0.815. The van der Waals surface area contributed by atoms with E-state index in [1.807, 2.05) is 6.07 Å². The molecule has 1 amide bonds. The fourth-order valence-electron chi connectivity index (χ4n) is 4.05. The molecule has 25 heavy (non-hydrogen) atoms. The van der Waals surface area contributed by atoms with Crippen molar-refractivity contribution < 1.29 is 4.79 Å². The van der Waals surface area contributed by atoms with Crippen molar-refractivity contribution in [2.75, 3.05) is 19.6 Å². The number of likely N-dealkylation sites (tertiary alicyclic amines) is 1. The zero-order valence-electron chi connectivity index (χ0n) is 14.8. The van der Waals surface area contributed by atoms with E-state index in [0.29, 0.717) is 6.54 Å². The predicted molar refractivity (Wildman–Crippen MR) is 107 cm³/mol. The van der Waals surface area contributed by atoms with Crippen LogP contribution >= 0.6 is 24.8 Å². The summed E-state index contributed by atoms with van der Waals surface area (Å²) >= 11 is 0. The summed E-state index contributed by atoms with van der Waals surface area (Å²) in [6, 6.07) is 10.5. The summed E-state index contributed by atoms with van der Waals surface area (Å²) in [4.78, 5) is 15.1. The van der Waals surface area contributed by atoms with E-state index >= 15 is 0 Å². The number of hydrogen-bond donors (Lipinski definition) is 2. The molecular weight excluding hydrogens is 357 g/mol. The minimum Gasteiger partial charge on any atom is -0.349 e. The van der Waals surface area contributed by atoms with Gasteiger partial charge in [0, 0.05) is 19.6 Å². The van der Waals surface area contributed by atoms with Crippen LogP contribution in [0.25, 0.3) is 0 Å². The monoisotopic (exact) mass is 387 g/mol. The summed E-state index contributed by atoms with van der Waals surface area (Å²) in [6.45, 7) is 3.45. The highest BCUT2D eigenvalue weighted by Crippen LogP contribution is 2.29. The van der Waals surface area contributed by atoms with Crippen molar-refractivity contribution in [3.05, 3.63) is 35.9 Å². The minimum atomic E-state index is -0.126. The third-order valence-corrected chi connectivity index (χ3v) is 5.47. The van der Waals surface area contributed by atoms with Crippen LogP contribution < -0.4 is 11.1 Å². The molecule has 1 aromatic carbocycles. The highest BCUT2D eigenvalue weighted by atomic mass is 35.5. The Kier molecular flexibility index (Phi) is 9.22. The Hall–Kier alpha value is -0.810. The van der Waals surface area contributed by atoms with Gasteiger partial charge in [-0.3, -0.25) is 9.69 Å². The molecule has 4 nitrogen and oxygen atoms in total. The third kappa shape index (κ3) is 5.85.